The Morgan fingerprint density at radius 3 is 2.71 bits per heavy atom. The summed E-state index contributed by atoms with van der Waals surface area (Å²) in [5.41, 5.74) is 0.0385. The highest BCUT2D eigenvalue weighted by Gasteiger charge is 2.42. The maximum Gasteiger partial charge on any atom is 0.339 e. The fourth-order valence-corrected chi connectivity index (χ4v) is 4.48. The van der Waals surface area contributed by atoms with Crippen molar-refractivity contribution in [2.45, 2.75) is 42.4 Å². The van der Waals surface area contributed by atoms with E-state index in [1.165, 1.54) is 19.2 Å². The molecule has 6 nitrogen and oxygen atoms in total. The van der Waals surface area contributed by atoms with Crippen LogP contribution in [0.3, 0.4) is 0 Å². The van der Waals surface area contributed by atoms with Gasteiger partial charge in [-0.3, -0.25) is 0 Å². The lowest BCUT2D eigenvalue weighted by molar-refractivity contribution is 0.0596. The van der Waals surface area contributed by atoms with Crippen LogP contribution >= 0.6 is 0 Å². The van der Waals surface area contributed by atoms with Gasteiger partial charge >= 0.3 is 5.97 Å². The first-order chi connectivity index (χ1) is 10.0. The largest absolute Gasteiger partial charge is 0.465 e. The summed E-state index contributed by atoms with van der Waals surface area (Å²) >= 11 is 0. The Bertz CT molecular complexity index is 657. The van der Waals surface area contributed by atoms with E-state index in [2.05, 4.69) is 9.46 Å². The lowest BCUT2D eigenvalue weighted by atomic mass is 9.96. The fraction of sp³-hybridized carbons (Fsp3) is 0.500. The smallest absolute Gasteiger partial charge is 0.339 e. The van der Waals surface area contributed by atoms with Crippen molar-refractivity contribution < 1.29 is 22.7 Å². The maximum atomic E-state index is 12.5. The molecule has 114 valence electrons. The number of hydrogen-bond donors (Lipinski definition) is 1. The number of ether oxygens (including phenoxy) is 2. The summed E-state index contributed by atoms with van der Waals surface area (Å²) in [6.07, 6.45) is 2.64. The molecular weight excluding hydrogens is 294 g/mol. The van der Waals surface area contributed by atoms with Gasteiger partial charge in [-0.25, -0.2) is 17.9 Å². The van der Waals surface area contributed by atoms with Gasteiger partial charge in [-0.1, -0.05) is 12.1 Å². The SMILES string of the molecule is COC(=O)c1ccccc1S(=O)(=O)NC1CC2CCC1O2. The molecule has 0 aromatic heterocycles. The van der Waals surface area contributed by atoms with Gasteiger partial charge in [-0.05, 0) is 31.4 Å². The quantitative estimate of drug-likeness (QED) is 0.841. The number of sulfonamides is 1. The second-order valence-corrected chi connectivity index (χ2v) is 7.01. The van der Waals surface area contributed by atoms with Gasteiger partial charge in [-0.2, -0.15) is 0 Å². The number of methoxy groups -OCH3 is 1. The van der Waals surface area contributed by atoms with Gasteiger partial charge in [0.25, 0.3) is 0 Å². The number of benzene rings is 1. The van der Waals surface area contributed by atoms with E-state index in [1.54, 1.807) is 12.1 Å². The van der Waals surface area contributed by atoms with E-state index in [9.17, 15) is 13.2 Å². The van der Waals surface area contributed by atoms with E-state index in [-0.39, 0.29) is 28.7 Å². The van der Waals surface area contributed by atoms with Crippen molar-refractivity contribution in [2.24, 2.45) is 0 Å². The molecule has 0 saturated carbocycles. The normalized spacial score (nSPS) is 27.8. The van der Waals surface area contributed by atoms with Gasteiger partial charge in [0.05, 0.1) is 35.8 Å². The van der Waals surface area contributed by atoms with Crippen LogP contribution in [0.4, 0.5) is 0 Å². The molecule has 3 rings (SSSR count). The van der Waals surface area contributed by atoms with Crippen molar-refractivity contribution in [3.8, 4) is 0 Å². The van der Waals surface area contributed by atoms with Gasteiger partial charge in [0.2, 0.25) is 10.0 Å². The number of nitrogens with one attached hydrogen (secondary N) is 1. The van der Waals surface area contributed by atoms with Gasteiger partial charge in [0.1, 0.15) is 0 Å². The van der Waals surface area contributed by atoms with Crippen molar-refractivity contribution in [2.75, 3.05) is 7.11 Å². The first kappa shape index (κ1) is 14.5. The van der Waals surface area contributed by atoms with Crippen LogP contribution in [0.15, 0.2) is 29.2 Å². The Balaban J connectivity index is 1.87. The van der Waals surface area contributed by atoms with E-state index >= 15 is 0 Å². The van der Waals surface area contributed by atoms with E-state index in [0.29, 0.717) is 6.42 Å². The molecule has 0 aliphatic carbocycles. The molecule has 21 heavy (non-hydrogen) atoms. The van der Waals surface area contributed by atoms with Crippen molar-refractivity contribution in [3.63, 3.8) is 0 Å². The van der Waals surface area contributed by atoms with Crippen LogP contribution < -0.4 is 4.72 Å². The highest BCUT2D eigenvalue weighted by Crippen LogP contribution is 2.35. The van der Waals surface area contributed by atoms with E-state index in [0.717, 1.165) is 12.8 Å². The monoisotopic (exact) mass is 311 g/mol. The average Bonchev–Trinajstić information content (AvgIpc) is 3.08. The summed E-state index contributed by atoms with van der Waals surface area (Å²) in [5.74, 6) is -0.667. The Morgan fingerprint density at radius 1 is 1.33 bits per heavy atom. The van der Waals surface area contributed by atoms with Crippen LogP contribution in [-0.4, -0.2) is 39.7 Å². The summed E-state index contributed by atoms with van der Waals surface area (Å²) in [4.78, 5) is 11.7. The van der Waals surface area contributed by atoms with Crippen LogP contribution in [0.1, 0.15) is 29.6 Å². The van der Waals surface area contributed by atoms with Gasteiger partial charge < -0.3 is 9.47 Å². The van der Waals surface area contributed by atoms with Gasteiger partial charge in [0, 0.05) is 0 Å². The van der Waals surface area contributed by atoms with Crippen molar-refractivity contribution >= 4 is 16.0 Å². The number of fused-ring (bicyclic) bond motifs is 2. The first-order valence-electron chi connectivity index (χ1n) is 6.86. The zero-order valence-corrected chi connectivity index (χ0v) is 12.4. The van der Waals surface area contributed by atoms with Crippen molar-refractivity contribution in [1.82, 2.24) is 4.72 Å². The Morgan fingerprint density at radius 2 is 2.10 bits per heavy atom. The second kappa shape index (κ2) is 5.40. The minimum atomic E-state index is -3.78. The lowest BCUT2D eigenvalue weighted by Gasteiger charge is -2.20. The molecule has 3 atom stereocenters. The zero-order chi connectivity index (χ0) is 15.0. The molecule has 2 heterocycles. The molecule has 2 aliphatic heterocycles. The van der Waals surface area contributed by atoms with Gasteiger partial charge in [0.15, 0.2) is 0 Å². The van der Waals surface area contributed by atoms with Crippen LogP contribution in [-0.2, 0) is 19.5 Å². The fourth-order valence-electron chi connectivity index (χ4n) is 3.00. The van der Waals surface area contributed by atoms with Crippen LogP contribution in [0.5, 0.6) is 0 Å². The predicted molar refractivity (Wildman–Crippen MR) is 74.4 cm³/mol. The van der Waals surface area contributed by atoms with Crippen LogP contribution in [0.25, 0.3) is 0 Å². The lowest BCUT2D eigenvalue weighted by Crippen LogP contribution is -2.41. The molecule has 1 aromatic carbocycles. The highest BCUT2D eigenvalue weighted by atomic mass is 32.2. The zero-order valence-electron chi connectivity index (χ0n) is 11.6. The van der Waals surface area contributed by atoms with E-state index in [1.807, 2.05) is 0 Å². The molecule has 3 unspecified atom stereocenters. The summed E-state index contributed by atoms with van der Waals surface area (Å²) in [5, 5.41) is 0. The highest BCUT2D eigenvalue weighted by molar-refractivity contribution is 7.89. The maximum absolute atomic E-state index is 12.5. The first-order valence-corrected chi connectivity index (χ1v) is 8.34. The van der Waals surface area contributed by atoms with Crippen molar-refractivity contribution in [1.29, 1.82) is 0 Å². The van der Waals surface area contributed by atoms with Crippen molar-refractivity contribution in [3.05, 3.63) is 29.8 Å². The third kappa shape index (κ3) is 2.68. The average molecular weight is 311 g/mol. The predicted octanol–water partition coefficient (Wildman–Crippen LogP) is 1.07. The summed E-state index contributed by atoms with van der Waals surface area (Å²) in [7, 11) is -2.56. The second-order valence-electron chi connectivity index (χ2n) is 5.33. The van der Waals surface area contributed by atoms with Gasteiger partial charge in [-0.15, -0.1) is 0 Å². The molecule has 0 spiro atoms. The number of carbonyl (C=O) groups is 1. The molecule has 1 N–H and O–H groups in total. The number of carbonyl (C=O) groups excluding carboxylic acids is 1. The Kier molecular flexibility index (Phi) is 3.73. The summed E-state index contributed by atoms with van der Waals surface area (Å²) in [6, 6.07) is 5.81. The Hall–Kier alpha value is -1.44. The van der Waals surface area contributed by atoms with E-state index in [4.69, 9.17) is 4.74 Å². The minimum Gasteiger partial charge on any atom is -0.465 e. The third-order valence-electron chi connectivity index (χ3n) is 3.99. The number of rotatable bonds is 4. The van der Waals surface area contributed by atoms with Crippen LogP contribution in [0.2, 0.25) is 0 Å². The Labute approximate surface area is 123 Å². The molecule has 0 radical (unpaired) electrons. The number of hydrogen-bond acceptors (Lipinski definition) is 5. The number of esters is 1. The summed E-state index contributed by atoms with van der Waals surface area (Å²) in [6.45, 7) is 0. The third-order valence-corrected chi connectivity index (χ3v) is 5.54. The summed E-state index contributed by atoms with van der Waals surface area (Å²) < 4.78 is 38.0. The molecule has 1 aromatic rings. The molecule has 2 fully saturated rings. The molecule has 7 heteroatoms. The molecule has 2 bridgehead atoms. The standard InChI is InChI=1S/C14H17NO5S/c1-19-14(16)10-4-2-3-5-13(10)21(17,18)15-11-8-9-6-7-12(11)20-9/h2-5,9,11-12,15H,6-8H2,1H3. The molecule has 0 amide bonds. The van der Waals surface area contributed by atoms with E-state index < -0.39 is 16.0 Å². The topological polar surface area (TPSA) is 81.7 Å². The van der Waals surface area contributed by atoms with Crippen LogP contribution in [0, 0.1) is 0 Å². The molecular formula is C14H17NO5S. The minimum absolute atomic E-state index is 0.0385. The molecule has 2 aliphatic rings. The molecule has 2 saturated heterocycles.